The second-order valence-electron chi connectivity index (χ2n) is 6.55. The van der Waals surface area contributed by atoms with Crippen molar-refractivity contribution in [1.82, 2.24) is 5.32 Å². The van der Waals surface area contributed by atoms with Crippen LogP contribution in [0.1, 0.15) is 36.1 Å². The zero-order valence-corrected chi connectivity index (χ0v) is 13.9. The molecule has 112 valence electrons. The summed E-state index contributed by atoms with van der Waals surface area (Å²) < 4.78 is 0. The van der Waals surface area contributed by atoms with E-state index in [9.17, 15) is 0 Å². The quantitative estimate of drug-likeness (QED) is 0.856. The molecule has 21 heavy (non-hydrogen) atoms. The molecule has 0 fully saturated rings. The van der Waals surface area contributed by atoms with Gasteiger partial charge in [0.25, 0.3) is 0 Å². The Hall–Kier alpha value is -1.60. The lowest BCUT2D eigenvalue weighted by molar-refractivity contribution is 0.356. The molecule has 0 heterocycles. The first-order chi connectivity index (χ1) is 9.95. The van der Waals surface area contributed by atoms with E-state index in [0.717, 1.165) is 6.42 Å². The highest BCUT2D eigenvalue weighted by molar-refractivity contribution is 5.32. The van der Waals surface area contributed by atoms with Crippen LogP contribution in [-0.4, -0.2) is 13.1 Å². The molecule has 0 aliphatic rings. The van der Waals surface area contributed by atoms with E-state index in [4.69, 9.17) is 0 Å². The number of nitrogens with one attached hydrogen (secondary N) is 1. The van der Waals surface area contributed by atoms with Crippen molar-refractivity contribution in [3.8, 4) is 0 Å². The second kappa shape index (κ2) is 6.44. The van der Waals surface area contributed by atoms with Crippen molar-refractivity contribution < 1.29 is 0 Å². The summed E-state index contributed by atoms with van der Waals surface area (Å²) in [6, 6.07) is 18.0. The summed E-state index contributed by atoms with van der Waals surface area (Å²) in [5.41, 5.74) is 5.62. The maximum atomic E-state index is 3.52. The standard InChI is InChI=1S/C20H27N/c1-15-11-12-17(13-16(15)2)14-19(21-5)20(3,4)18-9-7-6-8-10-18/h6-13,19,21H,14H2,1-5H3. The van der Waals surface area contributed by atoms with Crippen LogP contribution in [0, 0.1) is 13.8 Å². The largest absolute Gasteiger partial charge is 0.316 e. The molecule has 2 aromatic carbocycles. The molecule has 0 radical (unpaired) electrons. The van der Waals surface area contributed by atoms with Gasteiger partial charge < -0.3 is 5.32 Å². The van der Waals surface area contributed by atoms with Gasteiger partial charge in [0.05, 0.1) is 0 Å². The van der Waals surface area contributed by atoms with Crippen molar-refractivity contribution in [2.24, 2.45) is 0 Å². The molecule has 1 heteroatoms. The van der Waals surface area contributed by atoms with Gasteiger partial charge in [0, 0.05) is 11.5 Å². The van der Waals surface area contributed by atoms with Crippen LogP contribution in [0.25, 0.3) is 0 Å². The minimum atomic E-state index is 0.0921. The molecule has 0 aliphatic heterocycles. The second-order valence-corrected chi connectivity index (χ2v) is 6.55. The first-order valence-corrected chi connectivity index (χ1v) is 7.74. The molecule has 1 nitrogen and oxygen atoms in total. The Kier molecular flexibility index (Phi) is 4.84. The highest BCUT2D eigenvalue weighted by atomic mass is 14.9. The third-order valence-corrected chi connectivity index (χ3v) is 4.75. The monoisotopic (exact) mass is 281 g/mol. The normalized spacial score (nSPS) is 13.2. The van der Waals surface area contributed by atoms with Crippen molar-refractivity contribution in [2.75, 3.05) is 7.05 Å². The van der Waals surface area contributed by atoms with E-state index in [0.29, 0.717) is 6.04 Å². The number of hydrogen-bond donors (Lipinski definition) is 1. The lowest BCUT2D eigenvalue weighted by atomic mass is 9.75. The van der Waals surface area contributed by atoms with Gasteiger partial charge in [-0.25, -0.2) is 0 Å². The molecule has 2 aromatic rings. The average molecular weight is 281 g/mol. The van der Waals surface area contributed by atoms with Gasteiger partial charge in [-0.1, -0.05) is 62.4 Å². The van der Waals surface area contributed by atoms with E-state index in [-0.39, 0.29) is 5.41 Å². The molecular weight excluding hydrogens is 254 g/mol. The summed E-state index contributed by atoms with van der Waals surface area (Å²) in [5, 5.41) is 3.52. The summed E-state index contributed by atoms with van der Waals surface area (Å²) >= 11 is 0. The van der Waals surface area contributed by atoms with Crippen LogP contribution >= 0.6 is 0 Å². The molecular formula is C20H27N. The van der Waals surface area contributed by atoms with E-state index in [1.807, 2.05) is 0 Å². The first-order valence-electron chi connectivity index (χ1n) is 7.74. The zero-order chi connectivity index (χ0) is 15.5. The SMILES string of the molecule is CNC(Cc1ccc(C)c(C)c1)C(C)(C)c1ccccc1. The molecule has 0 amide bonds. The fourth-order valence-electron chi connectivity index (χ4n) is 2.95. The lowest BCUT2D eigenvalue weighted by Gasteiger charge is -2.35. The van der Waals surface area contributed by atoms with Gasteiger partial charge in [0.15, 0.2) is 0 Å². The molecule has 0 saturated carbocycles. The minimum absolute atomic E-state index is 0.0921. The smallest absolute Gasteiger partial charge is 0.0196 e. The van der Waals surface area contributed by atoms with Crippen LogP contribution in [0.15, 0.2) is 48.5 Å². The molecule has 1 unspecified atom stereocenters. The van der Waals surface area contributed by atoms with Gasteiger partial charge in [0.1, 0.15) is 0 Å². The lowest BCUT2D eigenvalue weighted by Crippen LogP contribution is -2.44. The van der Waals surface area contributed by atoms with Gasteiger partial charge in [-0.05, 0) is 49.6 Å². The molecule has 1 atom stereocenters. The van der Waals surface area contributed by atoms with Crippen LogP contribution in [-0.2, 0) is 11.8 Å². The van der Waals surface area contributed by atoms with Crippen LogP contribution in [0.2, 0.25) is 0 Å². The Morgan fingerprint density at radius 3 is 2.19 bits per heavy atom. The number of likely N-dealkylation sites (N-methyl/N-ethyl adjacent to an activating group) is 1. The molecule has 0 spiro atoms. The first kappa shape index (κ1) is 15.8. The molecule has 0 bridgehead atoms. The molecule has 0 aromatic heterocycles. The maximum absolute atomic E-state index is 3.52. The summed E-state index contributed by atoms with van der Waals surface area (Å²) in [6.07, 6.45) is 1.04. The third kappa shape index (κ3) is 3.54. The Morgan fingerprint density at radius 1 is 0.952 bits per heavy atom. The van der Waals surface area contributed by atoms with Crippen LogP contribution in [0.5, 0.6) is 0 Å². The fraction of sp³-hybridized carbons (Fsp3) is 0.400. The van der Waals surface area contributed by atoms with E-state index in [1.165, 1.54) is 22.3 Å². The number of rotatable bonds is 5. The van der Waals surface area contributed by atoms with E-state index < -0.39 is 0 Å². The Labute approximate surface area is 129 Å². The van der Waals surface area contributed by atoms with E-state index >= 15 is 0 Å². The van der Waals surface area contributed by atoms with E-state index in [2.05, 4.69) is 88.6 Å². The van der Waals surface area contributed by atoms with Crippen molar-refractivity contribution in [3.05, 3.63) is 70.8 Å². The highest BCUT2D eigenvalue weighted by Gasteiger charge is 2.30. The average Bonchev–Trinajstić information content (AvgIpc) is 2.49. The summed E-state index contributed by atoms with van der Waals surface area (Å²) in [7, 11) is 2.07. The predicted molar refractivity (Wildman–Crippen MR) is 91.9 cm³/mol. The Bertz CT molecular complexity index is 584. The van der Waals surface area contributed by atoms with Crippen LogP contribution in [0.4, 0.5) is 0 Å². The van der Waals surface area contributed by atoms with Gasteiger partial charge >= 0.3 is 0 Å². The summed E-state index contributed by atoms with van der Waals surface area (Å²) in [5.74, 6) is 0. The zero-order valence-electron chi connectivity index (χ0n) is 13.9. The van der Waals surface area contributed by atoms with Crippen molar-refractivity contribution in [2.45, 2.75) is 45.6 Å². The Balaban J connectivity index is 2.25. The Morgan fingerprint density at radius 2 is 1.62 bits per heavy atom. The van der Waals surface area contributed by atoms with Crippen LogP contribution < -0.4 is 5.32 Å². The summed E-state index contributed by atoms with van der Waals surface area (Å²) in [6.45, 7) is 9.01. The summed E-state index contributed by atoms with van der Waals surface area (Å²) in [4.78, 5) is 0. The van der Waals surface area contributed by atoms with Gasteiger partial charge in [0.2, 0.25) is 0 Å². The highest BCUT2D eigenvalue weighted by Crippen LogP contribution is 2.29. The fourth-order valence-corrected chi connectivity index (χ4v) is 2.95. The van der Waals surface area contributed by atoms with Crippen molar-refractivity contribution >= 4 is 0 Å². The van der Waals surface area contributed by atoms with Gasteiger partial charge in [-0.2, -0.15) is 0 Å². The van der Waals surface area contributed by atoms with E-state index in [1.54, 1.807) is 0 Å². The van der Waals surface area contributed by atoms with Crippen molar-refractivity contribution in [1.29, 1.82) is 0 Å². The molecule has 1 N–H and O–H groups in total. The van der Waals surface area contributed by atoms with Crippen molar-refractivity contribution in [3.63, 3.8) is 0 Å². The number of aryl methyl sites for hydroxylation is 2. The molecule has 0 aliphatic carbocycles. The third-order valence-electron chi connectivity index (χ3n) is 4.75. The number of hydrogen-bond acceptors (Lipinski definition) is 1. The maximum Gasteiger partial charge on any atom is 0.0196 e. The molecule has 2 rings (SSSR count). The van der Waals surface area contributed by atoms with Gasteiger partial charge in [-0.15, -0.1) is 0 Å². The van der Waals surface area contributed by atoms with Gasteiger partial charge in [-0.3, -0.25) is 0 Å². The minimum Gasteiger partial charge on any atom is -0.316 e. The molecule has 0 saturated heterocycles. The van der Waals surface area contributed by atoms with Crippen LogP contribution in [0.3, 0.4) is 0 Å². The predicted octanol–water partition coefficient (Wildman–Crippen LogP) is 4.41. The topological polar surface area (TPSA) is 12.0 Å². The number of benzene rings is 2.